The molecule has 0 radical (unpaired) electrons. The molecular weight excluding hydrogens is 340 g/mol. The maximum absolute atomic E-state index is 12.8. The highest BCUT2D eigenvalue weighted by Crippen LogP contribution is 2.38. The molecule has 1 atom stereocenters. The first-order valence-corrected chi connectivity index (χ1v) is 9.99. The Morgan fingerprint density at radius 3 is 2.56 bits per heavy atom. The number of sulfonamides is 1. The van der Waals surface area contributed by atoms with Gasteiger partial charge in [0.1, 0.15) is 0 Å². The molecule has 3 rings (SSSR count). The summed E-state index contributed by atoms with van der Waals surface area (Å²) in [5.41, 5.74) is 1.84. The second kappa shape index (κ2) is 7.09. The zero-order valence-corrected chi connectivity index (χ0v) is 15.6. The fourth-order valence-electron chi connectivity index (χ4n) is 3.40. The molecule has 1 aliphatic rings. The van der Waals surface area contributed by atoms with Crippen molar-refractivity contribution in [2.45, 2.75) is 25.9 Å². The van der Waals surface area contributed by atoms with Crippen LogP contribution in [-0.4, -0.2) is 43.8 Å². The molecule has 1 aliphatic heterocycles. The summed E-state index contributed by atoms with van der Waals surface area (Å²) < 4.78 is 40.1. The van der Waals surface area contributed by atoms with Crippen LogP contribution in [0.1, 0.15) is 30.6 Å². The fraction of sp³-hybridized carbons (Fsp3) is 0.444. The van der Waals surface area contributed by atoms with Crippen LogP contribution in [-0.2, 0) is 16.6 Å². The van der Waals surface area contributed by atoms with Crippen LogP contribution in [0.25, 0.3) is 0 Å². The van der Waals surface area contributed by atoms with Crippen molar-refractivity contribution in [1.29, 1.82) is 0 Å². The molecule has 0 aliphatic carbocycles. The van der Waals surface area contributed by atoms with E-state index in [1.54, 1.807) is 18.5 Å². The van der Waals surface area contributed by atoms with Gasteiger partial charge >= 0.3 is 0 Å². The summed E-state index contributed by atoms with van der Waals surface area (Å²) in [6.07, 6.45) is 2.59. The van der Waals surface area contributed by atoms with Gasteiger partial charge in [0.25, 0.3) is 0 Å². The highest BCUT2D eigenvalue weighted by molar-refractivity contribution is 7.89. The zero-order valence-electron chi connectivity index (χ0n) is 14.8. The fourth-order valence-corrected chi connectivity index (χ4v) is 5.06. The maximum Gasteiger partial charge on any atom is 0.215 e. The molecular formula is C18H24N2O4S. The predicted octanol–water partition coefficient (Wildman–Crippen LogP) is 2.65. The van der Waals surface area contributed by atoms with E-state index in [0.29, 0.717) is 31.0 Å². The Morgan fingerprint density at radius 2 is 1.88 bits per heavy atom. The molecule has 2 aromatic rings. The second-order valence-corrected chi connectivity index (χ2v) is 8.11. The van der Waals surface area contributed by atoms with Crippen molar-refractivity contribution in [2.24, 2.45) is 0 Å². The average molecular weight is 364 g/mol. The van der Waals surface area contributed by atoms with Crippen LogP contribution >= 0.6 is 0 Å². The number of benzene rings is 1. The zero-order chi connectivity index (χ0) is 18.0. The van der Waals surface area contributed by atoms with Crippen molar-refractivity contribution < 1.29 is 17.9 Å². The van der Waals surface area contributed by atoms with E-state index in [2.05, 4.69) is 4.57 Å². The first kappa shape index (κ1) is 17.8. The first-order chi connectivity index (χ1) is 12.0. The lowest BCUT2D eigenvalue weighted by Gasteiger charge is -2.36. The number of hydrogen-bond donors (Lipinski definition) is 0. The third-order valence-electron chi connectivity index (χ3n) is 4.54. The van der Waals surface area contributed by atoms with Crippen LogP contribution in [0.15, 0.2) is 36.5 Å². The van der Waals surface area contributed by atoms with Crippen LogP contribution < -0.4 is 9.47 Å². The van der Waals surface area contributed by atoms with Gasteiger partial charge in [-0.1, -0.05) is 13.0 Å². The molecule has 6 nitrogen and oxygen atoms in total. The van der Waals surface area contributed by atoms with Gasteiger partial charge in [-0.25, -0.2) is 8.42 Å². The van der Waals surface area contributed by atoms with E-state index < -0.39 is 10.0 Å². The molecule has 1 unspecified atom stereocenters. The second-order valence-electron chi connectivity index (χ2n) is 6.07. The minimum Gasteiger partial charge on any atom is -0.493 e. The molecule has 25 heavy (non-hydrogen) atoms. The quantitative estimate of drug-likeness (QED) is 0.791. The van der Waals surface area contributed by atoms with Crippen LogP contribution in [0.2, 0.25) is 0 Å². The van der Waals surface area contributed by atoms with E-state index in [0.717, 1.165) is 11.3 Å². The maximum atomic E-state index is 12.8. The Balaban J connectivity index is 2.11. The molecule has 7 heteroatoms. The summed E-state index contributed by atoms with van der Waals surface area (Å²) in [7, 11) is -0.174. The van der Waals surface area contributed by atoms with E-state index in [-0.39, 0.29) is 11.8 Å². The molecule has 1 aromatic carbocycles. The van der Waals surface area contributed by atoms with Crippen LogP contribution in [0.3, 0.4) is 0 Å². The molecule has 0 saturated heterocycles. The third-order valence-corrected chi connectivity index (χ3v) is 6.57. The highest BCUT2D eigenvalue weighted by atomic mass is 32.2. The molecule has 0 spiro atoms. The lowest BCUT2D eigenvalue weighted by Crippen LogP contribution is -2.43. The molecule has 0 amide bonds. The SMILES string of the molecule is CCCS(=O)(=O)N1CCn2cccc2C1c1ccc(OC)c(OC)c1. The van der Waals surface area contributed by atoms with E-state index in [9.17, 15) is 8.42 Å². The number of methoxy groups -OCH3 is 2. The van der Waals surface area contributed by atoms with Gasteiger partial charge in [-0.3, -0.25) is 0 Å². The van der Waals surface area contributed by atoms with E-state index in [1.165, 1.54) is 0 Å². The van der Waals surface area contributed by atoms with Crippen LogP contribution in [0.5, 0.6) is 11.5 Å². The Morgan fingerprint density at radius 1 is 1.12 bits per heavy atom. The smallest absolute Gasteiger partial charge is 0.215 e. The Labute approximate surface area is 149 Å². The van der Waals surface area contributed by atoms with Crippen molar-refractivity contribution in [3.63, 3.8) is 0 Å². The Bertz CT molecular complexity index is 845. The van der Waals surface area contributed by atoms with Crippen molar-refractivity contribution >= 4 is 10.0 Å². The summed E-state index contributed by atoms with van der Waals surface area (Å²) in [5.74, 6) is 1.37. The summed E-state index contributed by atoms with van der Waals surface area (Å²) >= 11 is 0. The van der Waals surface area contributed by atoms with Gasteiger partial charge in [0.05, 0.1) is 26.0 Å². The van der Waals surface area contributed by atoms with Gasteiger partial charge in [0.15, 0.2) is 11.5 Å². The number of hydrogen-bond acceptors (Lipinski definition) is 4. The van der Waals surface area contributed by atoms with Crippen molar-refractivity contribution in [3.05, 3.63) is 47.8 Å². The molecule has 0 saturated carbocycles. The Hall–Kier alpha value is -1.99. The van der Waals surface area contributed by atoms with Gasteiger partial charge in [0.2, 0.25) is 10.0 Å². The van der Waals surface area contributed by atoms with Crippen molar-refractivity contribution in [1.82, 2.24) is 8.87 Å². The van der Waals surface area contributed by atoms with Crippen LogP contribution in [0.4, 0.5) is 0 Å². The summed E-state index contributed by atoms with van der Waals surface area (Å²) in [6, 6.07) is 9.17. The largest absolute Gasteiger partial charge is 0.493 e. The Kier molecular flexibility index (Phi) is 5.06. The molecule has 0 fully saturated rings. The summed E-state index contributed by atoms with van der Waals surface area (Å²) in [4.78, 5) is 0. The predicted molar refractivity (Wildman–Crippen MR) is 96.6 cm³/mol. The molecule has 136 valence electrons. The molecule has 2 heterocycles. The van der Waals surface area contributed by atoms with Gasteiger partial charge in [-0.15, -0.1) is 0 Å². The molecule has 1 aromatic heterocycles. The summed E-state index contributed by atoms with van der Waals surface area (Å²) in [5, 5.41) is 0. The summed E-state index contributed by atoms with van der Waals surface area (Å²) in [6.45, 7) is 3.01. The topological polar surface area (TPSA) is 60.8 Å². The van der Waals surface area contributed by atoms with Gasteiger partial charge in [-0.05, 0) is 36.2 Å². The average Bonchev–Trinajstić information content (AvgIpc) is 3.08. The standard InChI is InChI=1S/C18H24N2O4S/c1-4-12-25(21,22)20-11-10-19-9-5-6-15(19)18(20)14-7-8-16(23-2)17(13-14)24-3/h5-9,13,18H,4,10-12H2,1-3H3. The number of aromatic nitrogens is 1. The van der Waals surface area contributed by atoms with Crippen molar-refractivity contribution in [2.75, 3.05) is 26.5 Å². The number of rotatable bonds is 6. The van der Waals surface area contributed by atoms with Crippen molar-refractivity contribution in [3.8, 4) is 11.5 Å². The minimum atomic E-state index is -3.34. The number of nitrogens with zero attached hydrogens (tertiary/aromatic N) is 2. The van der Waals surface area contributed by atoms with E-state index in [4.69, 9.17) is 9.47 Å². The first-order valence-electron chi connectivity index (χ1n) is 8.38. The highest BCUT2D eigenvalue weighted by Gasteiger charge is 2.36. The molecule has 0 bridgehead atoms. The van der Waals surface area contributed by atoms with E-state index >= 15 is 0 Å². The number of ether oxygens (including phenoxy) is 2. The number of fused-ring (bicyclic) bond motifs is 1. The third kappa shape index (κ3) is 3.26. The van der Waals surface area contributed by atoms with Crippen LogP contribution in [0, 0.1) is 0 Å². The lowest BCUT2D eigenvalue weighted by molar-refractivity contribution is 0.296. The minimum absolute atomic E-state index is 0.150. The monoisotopic (exact) mass is 364 g/mol. The lowest BCUT2D eigenvalue weighted by atomic mass is 10.0. The van der Waals surface area contributed by atoms with E-state index in [1.807, 2.05) is 43.5 Å². The van der Waals surface area contributed by atoms with Gasteiger partial charge in [0, 0.05) is 25.0 Å². The molecule has 0 N–H and O–H groups in total. The normalized spacial score (nSPS) is 18.0. The van der Waals surface area contributed by atoms with Gasteiger partial charge in [-0.2, -0.15) is 4.31 Å². The van der Waals surface area contributed by atoms with Gasteiger partial charge < -0.3 is 14.0 Å².